The van der Waals surface area contributed by atoms with Crippen LogP contribution >= 0.6 is 0 Å². The van der Waals surface area contributed by atoms with Gasteiger partial charge < -0.3 is 10.1 Å². The Morgan fingerprint density at radius 3 is 2.11 bits per heavy atom. The molecule has 0 fully saturated rings. The Labute approximate surface area is 158 Å². The molecule has 0 radical (unpaired) electrons. The highest BCUT2D eigenvalue weighted by Gasteiger charge is 2.25. The van der Waals surface area contributed by atoms with Gasteiger partial charge in [0.05, 0.1) is 13.5 Å². The summed E-state index contributed by atoms with van der Waals surface area (Å²) < 4.78 is 4.81. The van der Waals surface area contributed by atoms with E-state index in [1.807, 2.05) is 72.8 Å². The quantitative estimate of drug-likeness (QED) is 0.501. The first-order valence-electron chi connectivity index (χ1n) is 8.74. The van der Waals surface area contributed by atoms with Crippen LogP contribution in [0.25, 0.3) is 0 Å². The summed E-state index contributed by atoms with van der Waals surface area (Å²) in [5.41, 5.74) is 2.97. The molecule has 0 heterocycles. The minimum Gasteiger partial charge on any atom is -0.469 e. The summed E-state index contributed by atoms with van der Waals surface area (Å²) in [7, 11) is 1.36. The summed E-state index contributed by atoms with van der Waals surface area (Å²) in [6.07, 6.45) is 0.113. The number of methoxy groups -OCH3 is 1. The van der Waals surface area contributed by atoms with Gasteiger partial charge in [0.15, 0.2) is 5.78 Å². The maximum absolute atomic E-state index is 13.3. The number of ether oxygens (including phenoxy) is 1. The van der Waals surface area contributed by atoms with Gasteiger partial charge in [0, 0.05) is 11.3 Å². The number of benzene rings is 3. The molecular formula is C23H21NO3. The number of esters is 1. The van der Waals surface area contributed by atoms with E-state index in [0.717, 1.165) is 16.8 Å². The first kappa shape index (κ1) is 18.4. The summed E-state index contributed by atoms with van der Waals surface area (Å²) in [6.45, 7) is 0. The van der Waals surface area contributed by atoms with Gasteiger partial charge in [0.25, 0.3) is 0 Å². The van der Waals surface area contributed by atoms with Crippen molar-refractivity contribution in [3.8, 4) is 0 Å². The third-order valence-corrected chi connectivity index (χ3v) is 4.33. The molecule has 0 aliphatic heterocycles. The summed E-state index contributed by atoms with van der Waals surface area (Å²) in [5, 5.41) is 3.32. The van der Waals surface area contributed by atoms with Crippen LogP contribution < -0.4 is 5.32 Å². The molecule has 0 saturated heterocycles. The fraction of sp³-hybridized carbons (Fsp3) is 0.130. The molecule has 3 aromatic rings. The smallest absolute Gasteiger partial charge is 0.309 e. The molecule has 0 aliphatic carbocycles. The number of rotatable bonds is 7. The van der Waals surface area contributed by atoms with E-state index in [-0.39, 0.29) is 18.2 Å². The zero-order chi connectivity index (χ0) is 19.1. The Kier molecular flexibility index (Phi) is 6.00. The monoisotopic (exact) mass is 359 g/mol. The van der Waals surface area contributed by atoms with Gasteiger partial charge in [-0.25, -0.2) is 0 Å². The molecule has 0 spiro atoms. The van der Waals surface area contributed by atoms with Gasteiger partial charge in [0.2, 0.25) is 0 Å². The van der Waals surface area contributed by atoms with Crippen LogP contribution in [0.1, 0.15) is 27.5 Å². The number of ketones is 1. The minimum atomic E-state index is -0.615. The number of carbonyl (C=O) groups is 2. The van der Waals surface area contributed by atoms with Crippen LogP contribution in [0.4, 0.5) is 5.69 Å². The standard InChI is InChI=1S/C23H21NO3/c1-27-21(25)16-18-12-8-9-15-20(18)22(24-19-13-6-3-7-14-19)23(26)17-10-4-2-5-11-17/h2-15,22,24H,16H2,1H3. The predicted molar refractivity (Wildman–Crippen MR) is 106 cm³/mol. The predicted octanol–water partition coefficient (Wildman–Crippen LogP) is 4.44. The average molecular weight is 359 g/mol. The van der Waals surface area contributed by atoms with Crippen LogP contribution in [0.5, 0.6) is 0 Å². The Morgan fingerprint density at radius 1 is 0.852 bits per heavy atom. The van der Waals surface area contributed by atoms with Gasteiger partial charge in [0.1, 0.15) is 6.04 Å². The van der Waals surface area contributed by atoms with Crippen LogP contribution in [0.3, 0.4) is 0 Å². The lowest BCUT2D eigenvalue weighted by Crippen LogP contribution is -2.23. The van der Waals surface area contributed by atoms with Crippen LogP contribution in [-0.2, 0) is 16.0 Å². The third kappa shape index (κ3) is 4.61. The van der Waals surface area contributed by atoms with Crippen LogP contribution in [0, 0.1) is 0 Å². The first-order chi connectivity index (χ1) is 13.2. The molecular weight excluding hydrogens is 338 g/mol. The first-order valence-corrected chi connectivity index (χ1v) is 8.74. The number of carbonyl (C=O) groups excluding carboxylic acids is 2. The Bertz CT molecular complexity index is 907. The lowest BCUT2D eigenvalue weighted by Gasteiger charge is -2.22. The lowest BCUT2D eigenvalue weighted by molar-refractivity contribution is -0.139. The second-order valence-electron chi connectivity index (χ2n) is 6.13. The van der Waals surface area contributed by atoms with E-state index in [0.29, 0.717) is 5.56 Å². The molecule has 3 aromatic carbocycles. The average Bonchev–Trinajstić information content (AvgIpc) is 2.73. The number of hydrogen-bond acceptors (Lipinski definition) is 4. The van der Waals surface area contributed by atoms with Gasteiger partial charge in [-0.3, -0.25) is 9.59 Å². The molecule has 0 aliphatic rings. The van der Waals surface area contributed by atoms with Crippen LogP contribution in [0.15, 0.2) is 84.9 Å². The molecule has 0 aromatic heterocycles. The fourth-order valence-corrected chi connectivity index (χ4v) is 2.96. The van der Waals surface area contributed by atoms with Crippen molar-refractivity contribution in [2.24, 2.45) is 0 Å². The Balaban J connectivity index is 2.02. The van der Waals surface area contributed by atoms with Gasteiger partial charge >= 0.3 is 5.97 Å². The van der Waals surface area contributed by atoms with Crippen molar-refractivity contribution in [2.45, 2.75) is 12.5 Å². The Hall–Kier alpha value is -3.40. The van der Waals surface area contributed by atoms with E-state index in [4.69, 9.17) is 4.74 Å². The summed E-state index contributed by atoms with van der Waals surface area (Å²) in [5.74, 6) is -0.398. The molecule has 3 rings (SSSR count). The largest absolute Gasteiger partial charge is 0.469 e. The van der Waals surface area contributed by atoms with E-state index in [2.05, 4.69) is 5.32 Å². The maximum Gasteiger partial charge on any atom is 0.309 e. The second-order valence-corrected chi connectivity index (χ2v) is 6.13. The molecule has 1 unspecified atom stereocenters. The summed E-state index contributed by atoms with van der Waals surface area (Å²) >= 11 is 0. The van der Waals surface area contributed by atoms with Crippen molar-refractivity contribution in [2.75, 3.05) is 12.4 Å². The topological polar surface area (TPSA) is 55.4 Å². The molecule has 4 heteroatoms. The van der Waals surface area contributed by atoms with Gasteiger partial charge in [-0.1, -0.05) is 72.8 Å². The molecule has 0 saturated carbocycles. The molecule has 136 valence electrons. The summed E-state index contributed by atoms with van der Waals surface area (Å²) in [6, 6.07) is 25.5. The van der Waals surface area contributed by atoms with E-state index < -0.39 is 6.04 Å². The maximum atomic E-state index is 13.3. The second kappa shape index (κ2) is 8.81. The lowest BCUT2D eigenvalue weighted by atomic mass is 9.92. The van der Waals surface area contributed by atoms with Crippen molar-refractivity contribution in [1.29, 1.82) is 0 Å². The number of hydrogen-bond donors (Lipinski definition) is 1. The normalized spacial score (nSPS) is 11.4. The van der Waals surface area contributed by atoms with E-state index >= 15 is 0 Å². The molecule has 1 N–H and O–H groups in total. The molecule has 0 amide bonds. The minimum absolute atomic E-state index is 0.0585. The number of anilines is 1. The zero-order valence-corrected chi connectivity index (χ0v) is 15.1. The fourth-order valence-electron chi connectivity index (χ4n) is 2.96. The van der Waals surface area contributed by atoms with Crippen LogP contribution in [0.2, 0.25) is 0 Å². The highest BCUT2D eigenvalue weighted by atomic mass is 16.5. The zero-order valence-electron chi connectivity index (χ0n) is 15.1. The highest BCUT2D eigenvalue weighted by molar-refractivity contribution is 6.02. The molecule has 1 atom stereocenters. The van der Waals surface area contributed by atoms with Crippen LogP contribution in [-0.4, -0.2) is 18.9 Å². The summed E-state index contributed by atoms with van der Waals surface area (Å²) in [4.78, 5) is 25.1. The molecule has 27 heavy (non-hydrogen) atoms. The van der Waals surface area contributed by atoms with Crippen molar-refractivity contribution < 1.29 is 14.3 Å². The number of para-hydroxylation sites is 1. The van der Waals surface area contributed by atoms with Crippen molar-refractivity contribution in [3.63, 3.8) is 0 Å². The Morgan fingerprint density at radius 2 is 1.44 bits per heavy atom. The van der Waals surface area contributed by atoms with Crippen molar-refractivity contribution in [3.05, 3.63) is 102 Å². The number of Topliss-reactive ketones (excluding diaryl/α,β-unsaturated/α-hetero) is 1. The van der Waals surface area contributed by atoms with E-state index in [1.165, 1.54) is 7.11 Å². The van der Waals surface area contributed by atoms with Gasteiger partial charge in [-0.2, -0.15) is 0 Å². The van der Waals surface area contributed by atoms with Crippen molar-refractivity contribution in [1.82, 2.24) is 0 Å². The third-order valence-electron chi connectivity index (χ3n) is 4.33. The molecule has 0 bridgehead atoms. The number of nitrogens with one attached hydrogen (secondary N) is 1. The van der Waals surface area contributed by atoms with E-state index in [9.17, 15) is 9.59 Å². The highest BCUT2D eigenvalue weighted by Crippen LogP contribution is 2.27. The van der Waals surface area contributed by atoms with E-state index in [1.54, 1.807) is 12.1 Å². The van der Waals surface area contributed by atoms with Gasteiger partial charge in [-0.15, -0.1) is 0 Å². The van der Waals surface area contributed by atoms with Gasteiger partial charge in [-0.05, 0) is 23.3 Å². The molecule has 4 nitrogen and oxygen atoms in total. The van der Waals surface area contributed by atoms with Crippen molar-refractivity contribution >= 4 is 17.4 Å². The SMILES string of the molecule is COC(=O)Cc1ccccc1C(Nc1ccccc1)C(=O)c1ccccc1.